The van der Waals surface area contributed by atoms with Crippen LogP contribution in [0.5, 0.6) is 5.75 Å². The van der Waals surface area contributed by atoms with Crippen molar-refractivity contribution in [1.29, 1.82) is 0 Å². The number of pyridine rings is 1. The lowest BCUT2D eigenvalue weighted by Crippen LogP contribution is -2.11. The van der Waals surface area contributed by atoms with Gasteiger partial charge in [-0.05, 0) is 41.9 Å². The Morgan fingerprint density at radius 3 is 2.91 bits per heavy atom. The van der Waals surface area contributed by atoms with E-state index in [-0.39, 0.29) is 0 Å². The van der Waals surface area contributed by atoms with Gasteiger partial charge in [0.1, 0.15) is 11.4 Å². The van der Waals surface area contributed by atoms with Crippen LogP contribution in [-0.2, 0) is 13.0 Å². The summed E-state index contributed by atoms with van der Waals surface area (Å²) in [6.45, 7) is 3.96. The van der Waals surface area contributed by atoms with E-state index < -0.39 is 0 Å². The van der Waals surface area contributed by atoms with Gasteiger partial charge in [-0.3, -0.25) is 0 Å². The fourth-order valence-electron chi connectivity index (χ4n) is 2.53. The first kappa shape index (κ1) is 14.6. The number of nitrogens with one attached hydrogen (secondary N) is 1. The SMILES string of the molecule is CCNCc1ccn2cc(Cc3cccc(OC)c3)nc2c1. The molecule has 4 heteroatoms. The Hall–Kier alpha value is -2.33. The number of imidazole rings is 1. The number of rotatable bonds is 6. The quantitative estimate of drug-likeness (QED) is 0.759. The van der Waals surface area contributed by atoms with Crippen molar-refractivity contribution in [3.8, 4) is 5.75 Å². The third-order valence-corrected chi connectivity index (χ3v) is 3.67. The molecule has 2 aromatic heterocycles. The van der Waals surface area contributed by atoms with Crippen LogP contribution in [0.3, 0.4) is 0 Å². The summed E-state index contributed by atoms with van der Waals surface area (Å²) in [4.78, 5) is 4.73. The Kier molecular flexibility index (Phi) is 4.39. The maximum Gasteiger partial charge on any atom is 0.137 e. The van der Waals surface area contributed by atoms with Gasteiger partial charge in [0.15, 0.2) is 0 Å². The van der Waals surface area contributed by atoms with E-state index in [0.29, 0.717) is 0 Å². The molecule has 0 fully saturated rings. The van der Waals surface area contributed by atoms with Gasteiger partial charge in [-0.1, -0.05) is 19.1 Å². The van der Waals surface area contributed by atoms with E-state index in [9.17, 15) is 0 Å². The molecule has 0 spiro atoms. The van der Waals surface area contributed by atoms with Crippen LogP contribution in [0.15, 0.2) is 48.8 Å². The molecule has 2 heterocycles. The lowest BCUT2D eigenvalue weighted by Gasteiger charge is -2.02. The molecule has 0 amide bonds. The Labute approximate surface area is 130 Å². The zero-order chi connectivity index (χ0) is 15.4. The number of benzene rings is 1. The molecule has 4 nitrogen and oxygen atoms in total. The normalized spacial score (nSPS) is 11.0. The van der Waals surface area contributed by atoms with Crippen molar-refractivity contribution >= 4 is 5.65 Å². The second kappa shape index (κ2) is 6.62. The molecule has 0 aliphatic heterocycles. The van der Waals surface area contributed by atoms with Crippen molar-refractivity contribution in [1.82, 2.24) is 14.7 Å². The predicted octanol–water partition coefficient (Wildman–Crippen LogP) is 3.04. The van der Waals surface area contributed by atoms with E-state index in [2.05, 4.69) is 53.3 Å². The second-order valence-corrected chi connectivity index (χ2v) is 5.34. The van der Waals surface area contributed by atoms with Gasteiger partial charge in [-0.2, -0.15) is 0 Å². The fraction of sp³-hybridized carbons (Fsp3) is 0.278. The molecule has 0 bridgehead atoms. The minimum atomic E-state index is 0.807. The van der Waals surface area contributed by atoms with Gasteiger partial charge in [-0.15, -0.1) is 0 Å². The van der Waals surface area contributed by atoms with Crippen LogP contribution in [0.2, 0.25) is 0 Å². The fourth-order valence-corrected chi connectivity index (χ4v) is 2.53. The van der Waals surface area contributed by atoms with Crippen LogP contribution < -0.4 is 10.1 Å². The minimum absolute atomic E-state index is 0.807. The van der Waals surface area contributed by atoms with Crippen LogP contribution in [-0.4, -0.2) is 23.0 Å². The first-order valence-electron chi connectivity index (χ1n) is 7.58. The molecule has 1 N–H and O–H groups in total. The van der Waals surface area contributed by atoms with E-state index in [1.54, 1.807) is 7.11 Å². The van der Waals surface area contributed by atoms with Gasteiger partial charge < -0.3 is 14.5 Å². The Bertz CT molecular complexity index is 764. The van der Waals surface area contributed by atoms with Crippen LogP contribution in [0, 0.1) is 0 Å². The van der Waals surface area contributed by atoms with Gasteiger partial charge in [-0.25, -0.2) is 4.98 Å². The molecule has 0 radical (unpaired) electrons. The van der Waals surface area contributed by atoms with Gasteiger partial charge in [0.2, 0.25) is 0 Å². The van der Waals surface area contributed by atoms with Crippen molar-refractivity contribution in [3.05, 3.63) is 65.6 Å². The van der Waals surface area contributed by atoms with Crippen molar-refractivity contribution < 1.29 is 4.74 Å². The molecule has 3 aromatic rings. The lowest BCUT2D eigenvalue weighted by atomic mass is 10.1. The van der Waals surface area contributed by atoms with Gasteiger partial charge in [0.05, 0.1) is 12.8 Å². The Morgan fingerprint density at radius 2 is 2.09 bits per heavy atom. The van der Waals surface area contributed by atoms with Crippen LogP contribution in [0.4, 0.5) is 0 Å². The molecule has 22 heavy (non-hydrogen) atoms. The number of hydrogen-bond acceptors (Lipinski definition) is 3. The molecule has 0 saturated heterocycles. The van der Waals surface area contributed by atoms with Gasteiger partial charge >= 0.3 is 0 Å². The maximum absolute atomic E-state index is 5.27. The molecule has 0 saturated carbocycles. The van der Waals surface area contributed by atoms with Crippen LogP contribution in [0.1, 0.15) is 23.7 Å². The highest BCUT2D eigenvalue weighted by atomic mass is 16.5. The highest BCUT2D eigenvalue weighted by Crippen LogP contribution is 2.16. The second-order valence-electron chi connectivity index (χ2n) is 5.34. The highest BCUT2D eigenvalue weighted by molar-refractivity contribution is 5.44. The molecule has 0 atom stereocenters. The third-order valence-electron chi connectivity index (χ3n) is 3.67. The summed E-state index contributed by atoms with van der Waals surface area (Å²) in [5.74, 6) is 0.884. The molecule has 0 aliphatic carbocycles. The van der Waals surface area contributed by atoms with Crippen molar-refractivity contribution in [3.63, 3.8) is 0 Å². The summed E-state index contributed by atoms with van der Waals surface area (Å²) in [5, 5.41) is 3.34. The summed E-state index contributed by atoms with van der Waals surface area (Å²) in [6.07, 6.45) is 4.97. The van der Waals surface area contributed by atoms with Gasteiger partial charge in [0, 0.05) is 25.4 Å². The molecular formula is C18H21N3O. The topological polar surface area (TPSA) is 38.6 Å². The lowest BCUT2D eigenvalue weighted by molar-refractivity contribution is 0.414. The molecule has 114 valence electrons. The molecular weight excluding hydrogens is 274 g/mol. The Morgan fingerprint density at radius 1 is 1.18 bits per heavy atom. The van der Waals surface area contributed by atoms with Crippen LogP contribution >= 0.6 is 0 Å². The zero-order valence-electron chi connectivity index (χ0n) is 13.0. The summed E-state index contributed by atoms with van der Waals surface area (Å²) in [5.41, 5.74) is 4.52. The molecule has 0 unspecified atom stereocenters. The number of methoxy groups -OCH3 is 1. The molecule has 3 rings (SSSR count). The monoisotopic (exact) mass is 295 g/mol. The predicted molar refractivity (Wildman–Crippen MR) is 88.4 cm³/mol. The number of hydrogen-bond donors (Lipinski definition) is 1. The summed E-state index contributed by atoms with van der Waals surface area (Å²) in [6, 6.07) is 12.4. The average Bonchev–Trinajstić information content (AvgIpc) is 2.94. The number of fused-ring (bicyclic) bond motifs is 1. The smallest absolute Gasteiger partial charge is 0.137 e. The maximum atomic E-state index is 5.27. The Balaban J connectivity index is 1.82. The van der Waals surface area contributed by atoms with E-state index in [0.717, 1.165) is 36.6 Å². The largest absolute Gasteiger partial charge is 0.497 e. The highest BCUT2D eigenvalue weighted by Gasteiger charge is 2.05. The number of aromatic nitrogens is 2. The average molecular weight is 295 g/mol. The zero-order valence-corrected chi connectivity index (χ0v) is 13.0. The van der Waals surface area contributed by atoms with E-state index >= 15 is 0 Å². The third kappa shape index (κ3) is 3.28. The summed E-state index contributed by atoms with van der Waals surface area (Å²) in [7, 11) is 1.69. The summed E-state index contributed by atoms with van der Waals surface area (Å²) < 4.78 is 7.35. The van der Waals surface area contributed by atoms with E-state index in [1.165, 1.54) is 11.1 Å². The van der Waals surface area contributed by atoms with Gasteiger partial charge in [0.25, 0.3) is 0 Å². The molecule has 0 aliphatic rings. The van der Waals surface area contributed by atoms with Crippen LogP contribution in [0.25, 0.3) is 5.65 Å². The number of nitrogens with zero attached hydrogens (tertiary/aromatic N) is 2. The minimum Gasteiger partial charge on any atom is -0.497 e. The van der Waals surface area contributed by atoms with Crippen molar-refractivity contribution in [2.45, 2.75) is 19.9 Å². The first-order valence-corrected chi connectivity index (χ1v) is 7.58. The standard InChI is InChI=1S/C18H21N3O/c1-3-19-12-15-7-8-21-13-16(20-18(21)11-15)9-14-5-4-6-17(10-14)22-2/h4-8,10-11,13,19H,3,9,12H2,1-2H3. The first-order chi connectivity index (χ1) is 10.8. The van der Waals surface area contributed by atoms with E-state index in [1.807, 2.05) is 12.1 Å². The van der Waals surface area contributed by atoms with E-state index in [4.69, 9.17) is 9.72 Å². The molecule has 1 aromatic carbocycles. The van der Waals surface area contributed by atoms with Crippen molar-refractivity contribution in [2.24, 2.45) is 0 Å². The summed E-state index contributed by atoms with van der Waals surface area (Å²) >= 11 is 0. The van der Waals surface area contributed by atoms with Crippen molar-refractivity contribution in [2.75, 3.05) is 13.7 Å². The number of ether oxygens (including phenoxy) is 1.